The third kappa shape index (κ3) is 2.17. The quantitative estimate of drug-likeness (QED) is 0.481. The standard InChI is InChI=1S/C12H9BrN2O4/c1-6-3-4-7-9(11(6)15(17)18)8(13)5-14-10(7)12(16)19-2/h3-5H,1-2H3. The molecule has 1 aromatic heterocycles. The molecule has 0 radical (unpaired) electrons. The fourth-order valence-electron chi connectivity index (χ4n) is 1.88. The minimum atomic E-state index is -0.629. The molecule has 1 heterocycles. The van der Waals surface area contributed by atoms with Gasteiger partial charge in [-0.1, -0.05) is 12.1 Å². The summed E-state index contributed by atoms with van der Waals surface area (Å²) in [6.07, 6.45) is 1.36. The molecule has 2 aromatic rings. The van der Waals surface area contributed by atoms with Crippen LogP contribution in [-0.4, -0.2) is 23.0 Å². The number of nitro groups is 1. The van der Waals surface area contributed by atoms with E-state index in [1.54, 1.807) is 19.1 Å². The van der Waals surface area contributed by atoms with Gasteiger partial charge in [0, 0.05) is 17.1 Å². The largest absolute Gasteiger partial charge is 0.464 e. The minimum absolute atomic E-state index is 0.0445. The van der Waals surface area contributed by atoms with Gasteiger partial charge in [-0.05, 0) is 22.9 Å². The SMILES string of the molecule is COC(=O)c1ncc(Br)c2c([N+](=O)[O-])c(C)ccc12. The Morgan fingerprint density at radius 3 is 2.74 bits per heavy atom. The van der Waals surface area contributed by atoms with E-state index in [2.05, 4.69) is 25.7 Å². The van der Waals surface area contributed by atoms with Crippen LogP contribution in [0.1, 0.15) is 16.1 Å². The van der Waals surface area contributed by atoms with E-state index in [4.69, 9.17) is 0 Å². The average molecular weight is 325 g/mol. The zero-order valence-corrected chi connectivity index (χ0v) is 11.7. The maximum Gasteiger partial charge on any atom is 0.357 e. The van der Waals surface area contributed by atoms with Crippen molar-refractivity contribution in [1.29, 1.82) is 0 Å². The number of carbonyl (C=O) groups is 1. The Morgan fingerprint density at radius 1 is 1.47 bits per heavy atom. The Balaban J connectivity index is 2.95. The molecule has 0 unspecified atom stereocenters. The van der Waals surface area contributed by atoms with E-state index >= 15 is 0 Å². The summed E-state index contributed by atoms with van der Waals surface area (Å²) in [6.45, 7) is 1.64. The summed E-state index contributed by atoms with van der Waals surface area (Å²) in [6, 6.07) is 3.21. The molecule has 0 fully saturated rings. The molecule has 0 aliphatic carbocycles. The molecule has 6 nitrogen and oxygen atoms in total. The van der Waals surface area contributed by atoms with E-state index in [1.165, 1.54) is 13.3 Å². The highest BCUT2D eigenvalue weighted by Gasteiger charge is 2.23. The van der Waals surface area contributed by atoms with Crippen molar-refractivity contribution in [3.05, 3.63) is 44.2 Å². The Bertz CT molecular complexity index is 700. The van der Waals surface area contributed by atoms with Gasteiger partial charge in [-0.2, -0.15) is 0 Å². The zero-order valence-electron chi connectivity index (χ0n) is 10.1. The number of rotatable bonds is 2. The molecule has 0 saturated heterocycles. The molecule has 0 saturated carbocycles. The summed E-state index contributed by atoms with van der Waals surface area (Å²) < 4.78 is 5.09. The number of nitrogens with zero attached hydrogens (tertiary/aromatic N) is 2. The van der Waals surface area contributed by atoms with Gasteiger partial charge in [-0.25, -0.2) is 9.78 Å². The summed E-state index contributed by atoms with van der Waals surface area (Å²) in [5.41, 5.74) is 0.529. The van der Waals surface area contributed by atoms with Crippen LogP contribution in [0.4, 0.5) is 5.69 Å². The molecule has 98 valence electrons. The normalized spacial score (nSPS) is 10.5. The van der Waals surface area contributed by atoms with Crippen molar-refractivity contribution in [2.75, 3.05) is 7.11 Å². The number of hydrogen-bond donors (Lipinski definition) is 0. The van der Waals surface area contributed by atoms with Gasteiger partial charge in [0.1, 0.15) is 0 Å². The molecule has 0 N–H and O–H groups in total. The van der Waals surface area contributed by atoms with Gasteiger partial charge in [-0.15, -0.1) is 0 Å². The van der Waals surface area contributed by atoms with E-state index in [-0.39, 0.29) is 11.4 Å². The van der Waals surface area contributed by atoms with Crippen molar-refractivity contribution in [1.82, 2.24) is 4.98 Å². The summed E-state index contributed by atoms with van der Waals surface area (Å²) in [4.78, 5) is 26.3. The van der Waals surface area contributed by atoms with Crippen molar-refractivity contribution in [2.45, 2.75) is 6.92 Å². The average Bonchev–Trinajstić information content (AvgIpc) is 2.38. The predicted octanol–water partition coefficient (Wildman–Crippen LogP) is 3.00. The van der Waals surface area contributed by atoms with Crippen LogP contribution >= 0.6 is 15.9 Å². The number of esters is 1. The van der Waals surface area contributed by atoms with Gasteiger partial charge >= 0.3 is 5.97 Å². The molecule has 0 atom stereocenters. The first kappa shape index (κ1) is 13.4. The molecular weight excluding hydrogens is 316 g/mol. The van der Waals surface area contributed by atoms with Crippen LogP contribution in [0.15, 0.2) is 22.8 Å². The fourth-order valence-corrected chi connectivity index (χ4v) is 2.39. The second-order valence-electron chi connectivity index (χ2n) is 3.86. The van der Waals surface area contributed by atoms with Crippen LogP contribution in [0.25, 0.3) is 10.8 Å². The summed E-state index contributed by atoms with van der Waals surface area (Å²) in [5.74, 6) is -0.629. The zero-order chi connectivity index (χ0) is 14.2. The number of aromatic nitrogens is 1. The lowest BCUT2D eigenvalue weighted by atomic mass is 10.0. The topological polar surface area (TPSA) is 82.3 Å². The Hall–Kier alpha value is -2.02. The number of nitro benzene ring substituents is 1. The van der Waals surface area contributed by atoms with E-state index in [1.807, 2.05) is 0 Å². The van der Waals surface area contributed by atoms with Crippen LogP contribution in [0.3, 0.4) is 0 Å². The highest BCUT2D eigenvalue weighted by atomic mass is 79.9. The van der Waals surface area contributed by atoms with Crippen LogP contribution in [0.5, 0.6) is 0 Å². The van der Waals surface area contributed by atoms with Crippen molar-refractivity contribution >= 4 is 38.4 Å². The van der Waals surface area contributed by atoms with Crippen molar-refractivity contribution < 1.29 is 14.5 Å². The van der Waals surface area contributed by atoms with Crippen LogP contribution in [0, 0.1) is 17.0 Å². The van der Waals surface area contributed by atoms with Crippen LogP contribution in [-0.2, 0) is 4.74 Å². The third-order valence-corrected chi connectivity index (χ3v) is 3.34. The van der Waals surface area contributed by atoms with Crippen molar-refractivity contribution in [3.8, 4) is 0 Å². The van der Waals surface area contributed by atoms with Gasteiger partial charge in [-0.3, -0.25) is 10.1 Å². The number of halogens is 1. The fraction of sp³-hybridized carbons (Fsp3) is 0.167. The molecule has 0 amide bonds. The number of fused-ring (bicyclic) bond motifs is 1. The molecule has 19 heavy (non-hydrogen) atoms. The van der Waals surface area contributed by atoms with Gasteiger partial charge in [0.15, 0.2) is 5.69 Å². The first-order valence-electron chi connectivity index (χ1n) is 5.28. The predicted molar refractivity (Wildman–Crippen MR) is 72.2 cm³/mol. The number of pyridine rings is 1. The number of ether oxygens (including phenoxy) is 1. The maximum absolute atomic E-state index is 11.6. The molecule has 0 aliphatic rings. The lowest BCUT2D eigenvalue weighted by molar-refractivity contribution is -0.383. The molecule has 0 spiro atoms. The molecule has 1 aromatic carbocycles. The van der Waals surface area contributed by atoms with Gasteiger partial charge in [0.05, 0.1) is 21.9 Å². The van der Waals surface area contributed by atoms with E-state index < -0.39 is 10.9 Å². The minimum Gasteiger partial charge on any atom is -0.464 e. The Kier molecular flexibility index (Phi) is 3.48. The maximum atomic E-state index is 11.6. The highest BCUT2D eigenvalue weighted by Crippen LogP contribution is 2.35. The highest BCUT2D eigenvalue weighted by molar-refractivity contribution is 9.10. The van der Waals surface area contributed by atoms with Crippen LogP contribution in [0.2, 0.25) is 0 Å². The smallest absolute Gasteiger partial charge is 0.357 e. The van der Waals surface area contributed by atoms with E-state index in [0.29, 0.717) is 20.8 Å². The summed E-state index contributed by atoms with van der Waals surface area (Å²) in [5, 5.41) is 11.9. The third-order valence-electron chi connectivity index (χ3n) is 2.74. The Labute approximate surface area is 116 Å². The molecule has 0 bridgehead atoms. The van der Waals surface area contributed by atoms with Gasteiger partial charge in [0.2, 0.25) is 0 Å². The van der Waals surface area contributed by atoms with Crippen molar-refractivity contribution in [3.63, 3.8) is 0 Å². The number of benzene rings is 1. The lowest BCUT2D eigenvalue weighted by Crippen LogP contribution is -2.06. The van der Waals surface area contributed by atoms with Gasteiger partial charge < -0.3 is 4.74 Å². The lowest BCUT2D eigenvalue weighted by Gasteiger charge is -2.07. The second kappa shape index (κ2) is 4.93. The summed E-state index contributed by atoms with van der Waals surface area (Å²) >= 11 is 3.24. The first-order valence-corrected chi connectivity index (χ1v) is 6.07. The van der Waals surface area contributed by atoms with E-state index in [0.717, 1.165) is 0 Å². The molecule has 2 rings (SSSR count). The number of methoxy groups -OCH3 is 1. The second-order valence-corrected chi connectivity index (χ2v) is 4.71. The van der Waals surface area contributed by atoms with Crippen LogP contribution < -0.4 is 0 Å². The monoisotopic (exact) mass is 324 g/mol. The first-order chi connectivity index (χ1) is 8.97. The number of carbonyl (C=O) groups excluding carboxylic acids is 1. The number of hydrogen-bond acceptors (Lipinski definition) is 5. The summed E-state index contributed by atoms with van der Waals surface area (Å²) in [7, 11) is 1.24. The van der Waals surface area contributed by atoms with E-state index in [9.17, 15) is 14.9 Å². The molecular formula is C12H9BrN2O4. The molecule has 7 heteroatoms. The number of aryl methyl sites for hydroxylation is 1. The molecule has 0 aliphatic heterocycles. The van der Waals surface area contributed by atoms with Gasteiger partial charge in [0.25, 0.3) is 5.69 Å². The van der Waals surface area contributed by atoms with Crippen molar-refractivity contribution in [2.24, 2.45) is 0 Å². The Morgan fingerprint density at radius 2 is 2.16 bits per heavy atom.